The Kier molecular flexibility index (Phi) is 5.71. The third-order valence-electron chi connectivity index (χ3n) is 4.79. The van der Waals surface area contributed by atoms with Gasteiger partial charge in [-0.05, 0) is 58.2 Å². The summed E-state index contributed by atoms with van der Waals surface area (Å²) in [5, 5.41) is 6.83. The van der Waals surface area contributed by atoms with E-state index in [9.17, 15) is 0 Å². The zero-order chi connectivity index (χ0) is 16.9. The van der Waals surface area contributed by atoms with E-state index in [4.69, 9.17) is 22.2 Å². The SMILES string of the molecule is CCNC(=S)Nc1nc(N2CCCC2)cc(N2CCCC[C@H]2C)n1. The lowest BCUT2D eigenvalue weighted by molar-refractivity contribution is 0.481. The van der Waals surface area contributed by atoms with Crippen molar-refractivity contribution in [1.29, 1.82) is 0 Å². The fraction of sp³-hybridized carbons (Fsp3) is 0.706. The van der Waals surface area contributed by atoms with Crippen LogP contribution < -0.4 is 20.4 Å². The molecule has 2 aliphatic rings. The standard InChI is InChI=1S/C17H28N6S/c1-3-18-17(24)21-16-19-14(22-9-6-7-10-22)12-15(20-16)23-11-5-4-8-13(23)2/h12-13H,3-11H2,1-2H3,(H2,18,19,20,21,24)/t13-/m1/s1. The molecule has 0 saturated carbocycles. The molecule has 0 radical (unpaired) electrons. The van der Waals surface area contributed by atoms with E-state index in [0.717, 1.165) is 37.8 Å². The molecule has 1 aromatic rings. The third-order valence-corrected chi connectivity index (χ3v) is 5.04. The van der Waals surface area contributed by atoms with Gasteiger partial charge in [0.1, 0.15) is 11.6 Å². The smallest absolute Gasteiger partial charge is 0.232 e. The van der Waals surface area contributed by atoms with Crippen LogP contribution in [0.4, 0.5) is 17.6 Å². The Morgan fingerprint density at radius 3 is 2.58 bits per heavy atom. The fourth-order valence-electron chi connectivity index (χ4n) is 3.48. The summed E-state index contributed by atoms with van der Waals surface area (Å²) in [6.07, 6.45) is 6.22. The summed E-state index contributed by atoms with van der Waals surface area (Å²) in [5.74, 6) is 2.62. The number of anilines is 3. The first kappa shape index (κ1) is 17.2. The van der Waals surface area contributed by atoms with Crippen molar-refractivity contribution in [1.82, 2.24) is 15.3 Å². The maximum atomic E-state index is 5.31. The molecule has 1 aromatic heterocycles. The summed E-state index contributed by atoms with van der Waals surface area (Å²) in [4.78, 5) is 14.2. The third kappa shape index (κ3) is 4.06. The monoisotopic (exact) mass is 348 g/mol. The van der Waals surface area contributed by atoms with Crippen LogP contribution in [-0.2, 0) is 0 Å². The Labute approximate surface area is 150 Å². The lowest BCUT2D eigenvalue weighted by Gasteiger charge is -2.35. The molecule has 24 heavy (non-hydrogen) atoms. The molecule has 132 valence electrons. The van der Waals surface area contributed by atoms with Gasteiger partial charge in [0, 0.05) is 38.3 Å². The van der Waals surface area contributed by atoms with Crippen LogP contribution in [0.15, 0.2) is 6.07 Å². The molecule has 2 aliphatic heterocycles. The van der Waals surface area contributed by atoms with Gasteiger partial charge in [0.25, 0.3) is 0 Å². The molecule has 6 nitrogen and oxygen atoms in total. The van der Waals surface area contributed by atoms with Crippen LogP contribution in [0.5, 0.6) is 0 Å². The number of rotatable bonds is 4. The summed E-state index contributed by atoms with van der Waals surface area (Å²) >= 11 is 5.31. The molecule has 2 fully saturated rings. The summed E-state index contributed by atoms with van der Waals surface area (Å²) in [5.41, 5.74) is 0. The zero-order valence-corrected chi connectivity index (χ0v) is 15.5. The second kappa shape index (κ2) is 7.96. The Hall–Kier alpha value is -1.63. The van der Waals surface area contributed by atoms with Crippen molar-refractivity contribution >= 4 is 34.9 Å². The molecule has 0 amide bonds. The van der Waals surface area contributed by atoms with Crippen molar-refractivity contribution in [2.24, 2.45) is 0 Å². The maximum Gasteiger partial charge on any atom is 0.232 e. The lowest BCUT2D eigenvalue weighted by Crippen LogP contribution is -2.38. The van der Waals surface area contributed by atoms with Gasteiger partial charge in [0.05, 0.1) is 0 Å². The van der Waals surface area contributed by atoms with Gasteiger partial charge in [-0.25, -0.2) is 0 Å². The van der Waals surface area contributed by atoms with Gasteiger partial charge in [-0.3, -0.25) is 0 Å². The first-order chi connectivity index (χ1) is 11.7. The van der Waals surface area contributed by atoms with Gasteiger partial charge in [-0.15, -0.1) is 0 Å². The number of thiocarbonyl (C=S) groups is 1. The van der Waals surface area contributed by atoms with Crippen molar-refractivity contribution < 1.29 is 0 Å². The van der Waals surface area contributed by atoms with Crippen LogP contribution >= 0.6 is 12.2 Å². The average molecular weight is 349 g/mol. The fourth-order valence-corrected chi connectivity index (χ4v) is 3.71. The first-order valence-corrected chi connectivity index (χ1v) is 9.53. The normalized spacial score (nSPS) is 21.0. The highest BCUT2D eigenvalue weighted by Crippen LogP contribution is 2.28. The van der Waals surface area contributed by atoms with Crippen LogP contribution in [-0.4, -0.2) is 47.3 Å². The van der Waals surface area contributed by atoms with Gasteiger partial charge in [0.15, 0.2) is 5.11 Å². The predicted molar refractivity (Wildman–Crippen MR) is 104 cm³/mol. The van der Waals surface area contributed by atoms with Crippen LogP contribution in [0, 0.1) is 0 Å². The van der Waals surface area contributed by atoms with Crippen molar-refractivity contribution in [3.63, 3.8) is 0 Å². The highest BCUT2D eigenvalue weighted by molar-refractivity contribution is 7.80. The van der Waals surface area contributed by atoms with Crippen LogP contribution in [0.1, 0.15) is 46.0 Å². The van der Waals surface area contributed by atoms with Gasteiger partial charge >= 0.3 is 0 Å². The molecule has 0 unspecified atom stereocenters. The molecule has 0 aromatic carbocycles. The zero-order valence-electron chi connectivity index (χ0n) is 14.7. The molecule has 7 heteroatoms. The molecule has 2 saturated heterocycles. The Morgan fingerprint density at radius 1 is 1.17 bits per heavy atom. The number of nitrogens with one attached hydrogen (secondary N) is 2. The van der Waals surface area contributed by atoms with E-state index >= 15 is 0 Å². The second-order valence-corrected chi connectivity index (χ2v) is 7.03. The molecule has 3 rings (SSSR count). The van der Waals surface area contributed by atoms with Gasteiger partial charge in [-0.2, -0.15) is 9.97 Å². The Balaban J connectivity index is 1.88. The highest BCUT2D eigenvalue weighted by Gasteiger charge is 2.23. The quantitative estimate of drug-likeness (QED) is 0.812. The predicted octanol–water partition coefficient (Wildman–Crippen LogP) is 2.76. The van der Waals surface area contributed by atoms with E-state index in [0.29, 0.717) is 17.1 Å². The number of piperidine rings is 1. The van der Waals surface area contributed by atoms with Crippen molar-refractivity contribution in [3.8, 4) is 0 Å². The first-order valence-electron chi connectivity index (χ1n) is 9.13. The van der Waals surface area contributed by atoms with Crippen molar-refractivity contribution in [3.05, 3.63) is 6.07 Å². The van der Waals surface area contributed by atoms with Gasteiger partial charge < -0.3 is 20.4 Å². The Bertz CT molecular complexity index is 572. The van der Waals surface area contributed by atoms with E-state index in [1.165, 1.54) is 32.1 Å². The van der Waals surface area contributed by atoms with E-state index in [1.54, 1.807) is 0 Å². The molecule has 2 N–H and O–H groups in total. The summed E-state index contributed by atoms with van der Waals surface area (Å²) in [6.45, 7) is 8.30. The van der Waals surface area contributed by atoms with Gasteiger partial charge in [-0.1, -0.05) is 0 Å². The molecular formula is C17H28N6S. The van der Waals surface area contributed by atoms with E-state index in [2.05, 4.69) is 33.4 Å². The van der Waals surface area contributed by atoms with Crippen LogP contribution in [0.2, 0.25) is 0 Å². The number of aromatic nitrogens is 2. The molecular weight excluding hydrogens is 320 g/mol. The minimum atomic E-state index is 0.522. The molecule has 0 spiro atoms. The van der Waals surface area contributed by atoms with Crippen LogP contribution in [0.3, 0.4) is 0 Å². The number of hydrogen-bond donors (Lipinski definition) is 2. The minimum Gasteiger partial charge on any atom is -0.363 e. The number of hydrogen-bond acceptors (Lipinski definition) is 5. The highest BCUT2D eigenvalue weighted by atomic mass is 32.1. The minimum absolute atomic E-state index is 0.522. The van der Waals surface area contributed by atoms with Crippen molar-refractivity contribution in [2.75, 3.05) is 41.3 Å². The van der Waals surface area contributed by atoms with Crippen LogP contribution in [0.25, 0.3) is 0 Å². The van der Waals surface area contributed by atoms with Gasteiger partial charge in [0.2, 0.25) is 5.95 Å². The molecule has 3 heterocycles. The van der Waals surface area contributed by atoms with Crippen molar-refractivity contribution in [2.45, 2.75) is 52.0 Å². The summed E-state index contributed by atoms with van der Waals surface area (Å²) in [7, 11) is 0. The molecule has 0 aliphatic carbocycles. The average Bonchev–Trinajstić information content (AvgIpc) is 3.09. The van der Waals surface area contributed by atoms with E-state index < -0.39 is 0 Å². The molecule has 0 bridgehead atoms. The van der Waals surface area contributed by atoms with E-state index in [-0.39, 0.29) is 0 Å². The number of nitrogens with zero attached hydrogens (tertiary/aromatic N) is 4. The molecule has 1 atom stereocenters. The summed E-state index contributed by atoms with van der Waals surface area (Å²) in [6, 6.07) is 2.67. The second-order valence-electron chi connectivity index (χ2n) is 6.62. The maximum absolute atomic E-state index is 5.31. The summed E-state index contributed by atoms with van der Waals surface area (Å²) < 4.78 is 0. The van der Waals surface area contributed by atoms with E-state index in [1.807, 2.05) is 6.92 Å². The largest absolute Gasteiger partial charge is 0.363 e. The lowest BCUT2D eigenvalue weighted by atomic mass is 10.0. The Morgan fingerprint density at radius 2 is 1.88 bits per heavy atom. The topological polar surface area (TPSA) is 56.3 Å².